The summed E-state index contributed by atoms with van der Waals surface area (Å²) in [6.45, 7) is 14.2. The van der Waals surface area contributed by atoms with Gasteiger partial charge in [-0.25, -0.2) is 0 Å². The number of aliphatic hydroxyl groups excluding tert-OH is 1. The average Bonchev–Trinajstić information content (AvgIpc) is 2.48. The zero-order chi connectivity index (χ0) is 16.5. The number of carbonyl (C=O) groups is 1. The highest BCUT2D eigenvalue weighted by Gasteiger charge is 2.31. The molecule has 3 rings (SSSR count). The summed E-state index contributed by atoms with van der Waals surface area (Å²) >= 11 is 0. The van der Waals surface area contributed by atoms with Gasteiger partial charge in [0.1, 0.15) is 5.76 Å². The third-order valence-electron chi connectivity index (χ3n) is 5.66. The number of hydrogen-bond donors (Lipinski definition) is 1. The second-order valence-corrected chi connectivity index (χ2v) is 6.55. The minimum atomic E-state index is -0.0433. The van der Waals surface area contributed by atoms with Crippen LogP contribution in [0.5, 0.6) is 0 Å². The van der Waals surface area contributed by atoms with Crippen molar-refractivity contribution in [3.63, 3.8) is 0 Å². The van der Waals surface area contributed by atoms with E-state index in [0.29, 0.717) is 5.57 Å². The van der Waals surface area contributed by atoms with Crippen LogP contribution in [-0.4, -0.2) is 10.9 Å². The molecule has 0 saturated heterocycles. The maximum atomic E-state index is 12.8. The van der Waals surface area contributed by atoms with Crippen molar-refractivity contribution in [1.29, 1.82) is 0 Å². The van der Waals surface area contributed by atoms with Crippen molar-refractivity contribution in [3.05, 3.63) is 50.1 Å². The Morgan fingerprint density at radius 3 is 1.55 bits per heavy atom. The SMILES string of the molecule is CC1=C(O)c2c(C)c(C)c(C)c3c(C)c(C)c(C)c(c23)C1=O. The Morgan fingerprint density at radius 1 is 0.591 bits per heavy atom. The Kier molecular flexibility index (Phi) is 3.00. The number of aliphatic hydroxyl groups is 1. The smallest absolute Gasteiger partial charge is 0.193 e. The van der Waals surface area contributed by atoms with Gasteiger partial charge in [-0.15, -0.1) is 0 Å². The van der Waals surface area contributed by atoms with Gasteiger partial charge in [-0.1, -0.05) is 0 Å². The van der Waals surface area contributed by atoms with Gasteiger partial charge in [0.05, 0.1) is 0 Å². The summed E-state index contributed by atoms with van der Waals surface area (Å²) in [5, 5.41) is 12.7. The number of allylic oxidation sites excluding steroid dienone is 1. The van der Waals surface area contributed by atoms with Gasteiger partial charge >= 0.3 is 0 Å². The molecule has 0 amide bonds. The Balaban J connectivity index is 2.78. The van der Waals surface area contributed by atoms with Crippen molar-refractivity contribution in [2.75, 3.05) is 0 Å². The van der Waals surface area contributed by atoms with Crippen LogP contribution in [-0.2, 0) is 0 Å². The molecule has 22 heavy (non-hydrogen) atoms. The van der Waals surface area contributed by atoms with Crippen LogP contribution in [0.1, 0.15) is 56.2 Å². The first-order valence-corrected chi connectivity index (χ1v) is 7.68. The number of hydrogen-bond acceptors (Lipinski definition) is 2. The molecule has 2 aromatic rings. The minimum Gasteiger partial charge on any atom is -0.507 e. The van der Waals surface area contributed by atoms with E-state index in [2.05, 4.69) is 27.7 Å². The second kappa shape index (κ2) is 4.45. The van der Waals surface area contributed by atoms with E-state index < -0.39 is 0 Å². The summed E-state index contributed by atoms with van der Waals surface area (Å²) in [7, 11) is 0. The lowest BCUT2D eigenvalue weighted by atomic mass is 9.77. The topological polar surface area (TPSA) is 37.3 Å². The fourth-order valence-corrected chi connectivity index (χ4v) is 3.78. The minimum absolute atomic E-state index is 0.0433. The molecule has 2 nitrogen and oxygen atoms in total. The highest BCUT2D eigenvalue weighted by molar-refractivity contribution is 6.26. The van der Waals surface area contributed by atoms with Crippen molar-refractivity contribution in [2.45, 2.75) is 48.5 Å². The van der Waals surface area contributed by atoms with Crippen molar-refractivity contribution in [3.8, 4) is 0 Å². The predicted molar refractivity (Wildman–Crippen MR) is 91.9 cm³/mol. The number of benzene rings is 2. The average molecular weight is 294 g/mol. The van der Waals surface area contributed by atoms with Crippen molar-refractivity contribution < 1.29 is 9.90 Å². The van der Waals surface area contributed by atoms with E-state index in [1.54, 1.807) is 6.92 Å². The van der Waals surface area contributed by atoms with E-state index in [1.807, 2.05) is 13.8 Å². The van der Waals surface area contributed by atoms with E-state index in [-0.39, 0.29) is 11.5 Å². The summed E-state index contributed by atoms with van der Waals surface area (Å²) in [5.74, 6) is 0.101. The highest BCUT2D eigenvalue weighted by atomic mass is 16.3. The molecule has 0 atom stereocenters. The Hall–Kier alpha value is -2.09. The Labute approximate surface area is 131 Å². The fourth-order valence-electron chi connectivity index (χ4n) is 3.78. The lowest BCUT2D eigenvalue weighted by Crippen LogP contribution is -2.16. The molecule has 114 valence electrons. The van der Waals surface area contributed by atoms with Gasteiger partial charge in [-0.05, 0) is 87.2 Å². The van der Waals surface area contributed by atoms with E-state index in [0.717, 1.165) is 33.0 Å². The number of ketones is 1. The molecule has 0 saturated carbocycles. The van der Waals surface area contributed by atoms with E-state index in [4.69, 9.17) is 0 Å². The van der Waals surface area contributed by atoms with Gasteiger partial charge in [-0.2, -0.15) is 0 Å². The van der Waals surface area contributed by atoms with Gasteiger partial charge in [-0.3, -0.25) is 4.79 Å². The third kappa shape index (κ3) is 1.53. The van der Waals surface area contributed by atoms with E-state index in [1.165, 1.54) is 22.3 Å². The van der Waals surface area contributed by atoms with Crippen LogP contribution < -0.4 is 0 Å². The molecule has 0 bridgehead atoms. The molecule has 0 radical (unpaired) electrons. The van der Waals surface area contributed by atoms with E-state index >= 15 is 0 Å². The van der Waals surface area contributed by atoms with Crippen LogP contribution in [0.2, 0.25) is 0 Å². The van der Waals surface area contributed by atoms with Gasteiger partial charge in [0, 0.05) is 22.1 Å². The molecule has 0 fully saturated rings. The predicted octanol–water partition coefficient (Wildman–Crippen LogP) is 5.18. The molecule has 1 N–H and O–H groups in total. The maximum Gasteiger partial charge on any atom is 0.193 e. The quantitative estimate of drug-likeness (QED) is 0.727. The molecule has 0 unspecified atom stereocenters. The molecular formula is C20H22O2. The van der Waals surface area contributed by atoms with Crippen molar-refractivity contribution >= 4 is 22.3 Å². The van der Waals surface area contributed by atoms with Gasteiger partial charge in [0.15, 0.2) is 5.78 Å². The number of carbonyl (C=O) groups excluding carboxylic acids is 1. The molecule has 0 aromatic heterocycles. The van der Waals surface area contributed by atoms with E-state index in [9.17, 15) is 9.90 Å². The lowest BCUT2D eigenvalue weighted by molar-refractivity contribution is 0.103. The normalized spacial score (nSPS) is 14.2. The summed E-state index contributed by atoms with van der Waals surface area (Å²) < 4.78 is 0. The lowest BCUT2D eigenvalue weighted by Gasteiger charge is -2.27. The van der Waals surface area contributed by atoms with Crippen LogP contribution in [0.25, 0.3) is 16.5 Å². The van der Waals surface area contributed by atoms with Gasteiger partial charge in [0.25, 0.3) is 0 Å². The number of rotatable bonds is 0. The second-order valence-electron chi connectivity index (χ2n) is 6.55. The monoisotopic (exact) mass is 294 g/mol. The zero-order valence-corrected chi connectivity index (χ0v) is 14.4. The largest absolute Gasteiger partial charge is 0.507 e. The van der Waals surface area contributed by atoms with Crippen LogP contribution >= 0.6 is 0 Å². The zero-order valence-electron chi connectivity index (χ0n) is 14.4. The summed E-state index contributed by atoms with van der Waals surface area (Å²) in [6.07, 6.45) is 0. The molecule has 1 aliphatic rings. The third-order valence-corrected chi connectivity index (χ3v) is 5.66. The summed E-state index contributed by atoms with van der Waals surface area (Å²) in [5.41, 5.74) is 8.94. The van der Waals surface area contributed by atoms with Crippen molar-refractivity contribution in [1.82, 2.24) is 0 Å². The van der Waals surface area contributed by atoms with Crippen LogP contribution in [0.3, 0.4) is 0 Å². The number of Topliss-reactive ketones (excluding diaryl/α,β-unsaturated/α-hetero) is 1. The molecule has 2 aromatic carbocycles. The number of aryl methyl sites for hydroxylation is 2. The first kappa shape index (κ1) is 14.8. The summed E-state index contributed by atoms with van der Waals surface area (Å²) in [4.78, 5) is 12.8. The molecule has 2 heteroatoms. The first-order valence-electron chi connectivity index (χ1n) is 7.68. The summed E-state index contributed by atoms with van der Waals surface area (Å²) in [6, 6.07) is 0. The standard InChI is InChI=1S/C20H22O2/c1-8-10(3)15-11(4)9(2)13(6)17-18(15)16(12(8)5)19(21)14(7)20(17)22/h21H,1-7H3. The molecular weight excluding hydrogens is 272 g/mol. The Bertz CT molecular complexity index is 904. The fraction of sp³-hybridized carbons (Fsp3) is 0.350. The van der Waals surface area contributed by atoms with Gasteiger partial charge in [0.2, 0.25) is 0 Å². The maximum absolute atomic E-state index is 12.8. The van der Waals surface area contributed by atoms with Crippen LogP contribution in [0.15, 0.2) is 5.57 Å². The molecule has 0 heterocycles. The van der Waals surface area contributed by atoms with Crippen LogP contribution in [0.4, 0.5) is 0 Å². The molecule has 0 spiro atoms. The molecule has 1 aliphatic carbocycles. The first-order chi connectivity index (χ1) is 10.2. The van der Waals surface area contributed by atoms with Crippen LogP contribution in [0, 0.1) is 41.5 Å². The molecule has 0 aliphatic heterocycles. The Morgan fingerprint density at radius 2 is 1.05 bits per heavy atom. The van der Waals surface area contributed by atoms with Gasteiger partial charge < -0.3 is 5.11 Å². The van der Waals surface area contributed by atoms with Crippen molar-refractivity contribution in [2.24, 2.45) is 0 Å². The highest BCUT2D eigenvalue weighted by Crippen LogP contribution is 2.43.